The second kappa shape index (κ2) is 8.05. The van der Waals surface area contributed by atoms with Crippen molar-refractivity contribution in [1.29, 1.82) is 0 Å². The van der Waals surface area contributed by atoms with Crippen molar-refractivity contribution in [3.63, 3.8) is 0 Å². The zero-order chi connectivity index (χ0) is 18.5. The lowest BCUT2D eigenvalue weighted by Gasteiger charge is -2.08. The van der Waals surface area contributed by atoms with Gasteiger partial charge in [0, 0.05) is 31.1 Å². The maximum Gasteiger partial charge on any atom is 0.250 e. The Morgan fingerprint density at radius 3 is 2.73 bits per heavy atom. The topological polar surface area (TPSA) is 76.9 Å². The molecule has 6 nitrogen and oxygen atoms in total. The molecule has 0 atom stereocenters. The smallest absolute Gasteiger partial charge is 0.250 e. The van der Waals surface area contributed by atoms with Crippen LogP contribution in [0.25, 0.3) is 0 Å². The van der Waals surface area contributed by atoms with Crippen LogP contribution in [0.1, 0.15) is 28.2 Å². The molecule has 0 unspecified atom stereocenters. The summed E-state index contributed by atoms with van der Waals surface area (Å²) in [5.41, 5.74) is 3.10. The van der Waals surface area contributed by atoms with Crippen molar-refractivity contribution in [2.45, 2.75) is 33.2 Å². The summed E-state index contributed by atoms with van der Waals surface area (Å²) in [7, 11) is 0. The maximum atomic E-state index is 12.1. The van der Waals surface area contributed by atoms with Gasteiger partial charge in [-0.1, -0.05) is 47.2 Å². The number of carbonyl (C=O) groups is 1. The lowest BCUT2D eigenvalue weighted by molar-refractivity contribution is -0.116. The summed E-state index contributed by atoms with van der Waals surface area (Å²) in [5, 5.41) is 12.3. The van der Waals surface area contributed by atoms with E-state index in [4.69, 9.17) is 0 Å². The molecule has 7 heteroatoms. The summed E-state index contributed by atoms with van der Waals surface area (Å²) in [6.07, 6.45) is 0.894. The lowest BCUT2D eigenvalue weighted by Crippen LogP contribution is -2.24. The number of pyridine rings is 1. The van der Waals surface area contributed by atoms with Crippen LogP contribution < -0.4 is 10.9 Å². The van der Waals surface area contributed by atoms with E-state index in [9.17, 15) is 9.59 Å². The van der Waals surface area contributed by atoms with Crippen molar-refractivity contribution in [2.75, 3.05) is 5.32 Å². The Morgan fingerprint density at radius 2 is 1.96 bits per heavy atom. The predicted octanol–water partition coefficient (Wildman–Crippen LogP) is 2.94. The monoisotopic (exact) mass is 368 g/mol. The Morgan fingerprint density at radius 1 is 1.15 bits per heavy atom. The lowest BCUT2D eigenvalue weighted by atomic mass is 10.1. The quantitative estimate of drug-likeness (QED) is 0.726. The number of hydrogen-bond acceptors (Lipinski definition) is 5. The fourth-order valence-corrected chi connectivity index (χ4v) is 3.47. The van der Waals surface area contributed by atoms with Crippen LogP contribution in [0.5, 0.6) is 0 Å². The first-order chi connectivity index (χ1) is 12.5. The number of carbonyl (C=O) groups excluding carboxylic acids is 1. The molecule has 0 aliphatic carbocycles. The van der Waals surface area contributed by atoms with E-state index in [0.29, 0.717) is 18.1 Å². The highest BCUT2D eigenvalue weighted by molar-refractivity contribution is 7.15. The van der Waals surface area contributed by atoms with Gasteiger partial charge in [0.15, 0.2) is 0 Å². The van der Waals surface area contributed by atoms with E-state index in [-0.39, 0.29) is 17.9 Å². The standard InChI is InChI=1S/C19H20N4O2S/c1-13-5-3-7-15(11-13)12-17-21-22-19(26-17)20-16(24)9-10-23-14(2)6-4-8-18(23)25/h3-8,11H,9-10,12H2,1-2H3,(H,20,22,24). The largest absolute Gasteiger partial charge is 0.312 e. The number of nitrogens with one attached hydrogen (secondary N) is 1. The molecule has 3 aromatic rings. The number of rotatable bonds is 6. The van der Waals surface area contributed by atoms with Crippen molar-refractivity contribution >= 4 is 22.4 Å². The minimum atomic E-state index is -0.182. The number of anilines is 1. The second-order valence-electron chi connectivity index (χ2n) is 6.12. The molecule has 0 aliphatic rings. The van der Waals surface area contributed by atoms with Gasteiger partial charge in [-0.05, 0) is 25.5 Å². The summed E-state index contributed by atoms with van der Waals surface area (Å²) in [4.78, 5) is 24.0. The number of aromatic nitrogens is 3. The average Bonchev–Trinajstić information content (AvgIpc) is 3.01. The SMILES string of the molecule is Cc1cccc(Cc2nnc(NC(=O)CCn3c(C)cccc3=O)s2)c1. The first-order valence-electron chi connectivity index (χ1n) is 8.35. The summed E-state index contributed by atoms with van der Waals surface area (Å²) >= 11 is 1.37. The van der Waals surface area contributed by atoms with Gasteiger partial charge in [-0.2, -0.15) is 0 Å². The van der Waals surface area contributed by atoms with Crippen molar-refractivity contribution in [2.24, 2.45) is 0 Å². The normalized spacial score (nSPS) is 10.7. The molecule has 1 amide bonds. The van der Waals surface area contributed by atoms with E-state index >= 15 is 0 Å². The molecule has 0 saturated carbocycles. The van der Waals surface area contributed by atoms with Gasteiger partial charge in [0.25, 0.3) is 5.56 Å². The highest BCUT2D eigenvalue weighted by Gasteiger charge is 2.10. The van der Waals surface area contributed by atoms with Gasteiger partial charge in [0.05, 0.1) is 0 Å². The number of benzene rings is 1. The summed E-state index contributed by atoms with van der Waals surface area (Å²) in [5.74, 6) is -0.182. The average molecular weight is 368 g/mol. The Bertz CT molecular complexity index is 977. The first kappa shape index (κ1) is 18.0. The molecular formula is C19H20N4O2S. The molecule has 0 bridgehead atoms. The van der Waals surface area contributed by atoms with Gasteiger partial charge >= 0.3 is 0 Å². The molecule has 2 heterocycles. The summed E-state index contributed by atoms with van der Waals surface area (Å²) in [6, 6.07) is 13.3. The fourth-order valence-electron chi connectivity index (χ4n) is 2.68. The summed E-state index contributed by atoms with van der Waals surface area (Å²) < 4.78 is 1.59. The number of hydrogen-bond donors (Lipinski definition) is 1. The molecule has 0 radical (unpaired) electrons. The third-order valence-corrected chi connectivity index (χ3v) is 4.82. The molecule has 134 valence electrons. The third-order valence-electron chi connectivity index (χ3n) is 3.98. The Kier molecular flexibility index (Phi) is 5.58. The Hall–Kier alpha value is -2.80. The molecular weight excluding hydrogens is 348 g/mol. The Labute approximate surface area is 155 Å². The molecule has 2 aromatic heterocycles. The number of amides is 1. The minimum Gasteiger partial charge on any atom is -0.312 e. The van der Waals surface area contributed by atoms with E-state index in [1.807, 2.05) is 25.1 Å². The van der Waals surface area contributed by atoms with Crippen LogP contribution >= 0.6 is 11.3 Å². The molecule has 0 saturated heterocycles. The van der Waals surface area contributed by atoms with Crippen LogP contribution in [0, 0.1) is 13.8 Å². The van der Waals surface area contributed by atoms with Gasteiger partial charge in [-0.15, -0.1) is 10.2 Å². The summed E-state index contributed by atoms with van der Waals surface area (Å²) in [6.45, 7) is 4.24. The molecule has 26 heavy (non-hydrogen) atoms. The third kappa shape index (κ3) is 4.64. The van der Waals surface area contributed by atoms with Crippen LogP contribution in [0.4, 0.5) is 5.13 Å². The van der Waals surface area contributed by atoms with Crippen LogP contribution in [0.3, 0.4) is 0 Å². The zero-order valence-electron chi connectivity index (χ0n) is 14.7. The van der Waals surface area contributed by atoms with Crippen LogP contribution in [-0.4, -0.2) is 20.7 Å². The highest BCUT2D eigenvalue weighted by atomic mass is 32.1. The van der Waals surface area contributed by atoms with Crippen molar-refractivity contribution in [3.8, 4) is 0 Å². The van der Waals surface area contributed by atoms with Crippen LogP contribution in [-0.2, 0) is 17.8 Å². The van der Waals surface area contributed by atoms with Gasteiger partial charge in [0.2, 0.25) is 11.0 Å². The van der Waals surface area contributed by atoms with E-state index in [1.165, 1.54) is 23.0 Å². The molecule has 0 spiro atoms. The van der Waals surface area contributed by atoms with Crippen molar-refractivity contribution in [1.82, 2.24) is 14.8 Å². The van der Waals surface area contributed by atoms with E-state index in [0.717, 1.165) is 16.3 Å². The minimum absolute atomic E-state index is 0.103. The van der Waals surface area contributed by atoms with Gasteiger partial charge in [-0.3, -0.25) is 9.59 Å². The highest BCUT2D eigenvalue weighted by Crippen LogP contribution is 2.19. The molecule has 0 aliphatic heterocycles. The number of nitrogens with zero attached hydrogens (tertiary/aromatic N) is 3. The van der Waals surface area contributed by atoms with Gasteiger partial charge < -0.3 is 9.88 Å². The van der Waals surface area contributed by atoms with Crippen LogP contribution in [0.2, 0.25) is 0 Å². The van der Waals surface area contributed by atoms with Crippen molar-refractivity contribution < 1.29 is 4.79 Å². The van der Waals surface area contributed by atoms with E-state index in [1.54, 1.807) is 10.6 Å². The Balaban J connectivity index is 1.57. The van der Waals surface area contributed by atoms with Crippen LogP contribution in [0.15, 0.2) is 47.3 Å². The number of aryl methyl sites for hydroxylation is 2. The van der Waals surface area contributed by atoms with E-state index < -0.39 is 0 Å². The predicted molar refractivity (Wildman–Crippen MR) is 103 cm³/mol. The maximum absolute atomic E-state index is 12.1. The molecule has 1 aromatic carbocycles. The van der Waals surface area contributed by atoms with Crippen molar-refractivity contribution in [3.05, 3.63) is 74.6 Å². The zero-order valence-corrected chi connectivity index (χ0v) is 15.5. The molecule has 3 rings (SSSR count). The van der Waals surface area contributed by atoms with E-state index in [2.05, 4.69) is 34.6 Å². The first-order valence-corrected chi connectivity index (χ1v) is 9.17. The molecule has 1 N–H and O–H groups in total. The van der Waals surface area contributed by atoms with Gasteiger partial charge in [-0.25, -0.2) is 0 Å². The second-order valence-corrected chi connectivity index (χ2v) is 7.18. The fraction of sp³-hybridized carbons (Fsp3) is 0.263. The van der Waals surface area contributed by atoms with Gasteiger partial charge in [0.1, 0.15) is 5.01 Å². The molecule has 0 fully saturated rings.